The van der Waals surface area contributed by atoms with Crippen molar-refractivity contribution in [2.24, 2.45) is 5.92 Å². The van der Waals surface area contributed by atoms with Crippen molar-refractivity contribution in [2.45, 2.75) is 50.9 Å². The van der Waals surface area contributed by atoms with E-state index >= 15 is 0 Å². The quantitative estimate of drug-likeness (QED) is 0.689. The van der Waals surface area contributed by atoms with Crippen LogP contribution in [0.25, 0.3) is 0 Å². The van der Waals surface area contributed by atoms with Gasteiger partial charge in [-0.05, 0) is 25.7 Å². The van der Waals surface area contributed by atoms with E-state index in [-0.39, 0.29) is 17.9 Å². The van der Waals surface area contributed by atoms with Gasteiger partial charge in [-0.15, -0.1) is 0 Å². The average molecular weight is 228 g/mol. The zero-order chi connectivity index (χ0) is 11.6. The summed E-state index contributed by atoms with van der Waals surface area (Å²) < 4.78 is 16.2. The van der Waals surface area contributed by atoms with Crippen molar-refractivity contribution in [2.75, 3.05) is 13.7 Å². The van der Waals surface area contributed by atoms with Crippen LogP contribution < -0.4 is 0 Å². The lowest BCUT2D eigenvalue weighted by atomic mass is 9.88. The van der Waals surface area contributed by atoms with E-state index < -0.39 is 0 Å². The van der Waals surface area contributed by atoms with Gasteiger partial charge in [0.2, 0.25) is 0 Å². The Balaban J connectivity index is 2.01. The highest BCUT2D eigenvalue weighted by Gasteiger charge is 2.52. The molecule has 2 aliphatic rings. The summed E-state index contributed by atoms with van der Waals surface area (Å²) in [5.74, 6) is 0.313. The molecular weight excluding hydrogens is 208 g/mol. The van der Waals surface area contributed by atoms with Crippen LogP contribution in [-0.2, 0) is 19.0 Å². The fraction of sp³-hybridized carbons (Fsp3) is 0.917. The Labute approximate surface area is 96.2 Å². The predicted octanol–water partition coefficient (Wildman–Crippen LogP) is 1.87. The van der Waals surface area contributed by atoms with Crippen LogP contribution in [-0.4, -0.2) is 31.6 Å². The van der Waals surface area contributed by atoms with Gasteiger partial charge in [0.1, 0.15) is 0 Å². The maximum atomic E-state index is 11.6. The second kappa shape index (κ2) is 4.72. The molecule has 0 spiro atoms. The zero-order valence-electron chi connectivity index (χ0n) is 10.0. The van der Waals surface area contributed by atoms with E-state index in [9.17, 15) is 4.79 Å². The molecule has 1 heterocycles. The van der Waals surface area contributed by atoms with Gasteiger partial charge in [-0.25, -0.2) is 0 Å². The van der Waals surface area contributed by atoms with Crippen LogP contribution in [0.5, 0.6) is 0 Å². The third kappa shape index (κ3) is 2.09. The van der Waals surface area contributed by atoms with E-state index in [0.717, 1.165) is 25.7 Å². The number of fused-ring (bicyclic) bond motifs is 1. The molecule has 1 saturated heterocycles. The Morgan fingerprint density at radius 2 is 2.38 bits per heavy atom. The summed E-state index contributed by atoms with van der Waals surface area (Å²) in [5, 5.41) is 0. The van der Waals surface area contributed by atoms with Crippen molar-refractivity contribution in [3.8, 4) is 0 Å². The summed E-state index contributed by atoms with van der Waals surface area (Å²) >= 11 is 0. The Bertz CT molecular complexity index is 266. The summed E-state index contributed by atoms with van der Waals surface area (Å²) in [4.78, 5) is 11.6. The maximum Gasteiger partial charge on any atom is 0.308 e. The van der Waals surface area contributed by atoms with Crippen LogP contribution in [0.4, 0.5) is 0 Å². The first-order chi connectivity index (χ1) is 7.70. The van der Waals surface area contributed by atoms with Crippen LogP contribution in [0, 0.1) is 5.92 Å². The number of carbonyl (C=O) groups excluding carboxylic acids is 1. The van der Waals surface area contributed by atoms with Crippen LogP contribution in [0.2, 0.25) is 0 Å². The second-order valence-electron chi connectivity index (χ2n) is 4.65. The zero-order valence-corrected chi connectivity index (χ0v) is 10.0. The highest BCUT2D eigenvalue weighted by atomic mass is 16.7. The van der Waals surface area contributed by atoms with E-state index in [4.69, 9.17) is 14.2 Å². The summed E-state index contributed by atoms with van der Waals surface area (Å²) in [6, 6.07) is 0. The molecule has 16 heavy (non-hydrogen) atoms. The van der Waals surface area contributed by atoms with Crippen molar-refractivity contribution in [1.29, 1.82) is 0 Å². The topological polar surface area (TPSA) is 44.8 Å². The Kier molecular flexibility index (Phi) is 3.50. The molecule has 3 atom stereocenters. The molecule has 0 unspecified atom stereocenters. The molecule has 0 aromatic heterocycles. The van der Waals surface area contributed by atoms with Gasteiger partial charge >= 0.3 is 5.97 Å². The number of ether oxygens (including phenoxy) is 3. The monoisotopic (exact) mass is 228 g/mol. The van der Waals surface area contributed by atoms with E-state index in [2.05, 4.69) is 0 Å². The van der Waals surface area contributed by atoms with Crippen molar-refractivity contribution in [3.05, 3.63) is 0 Å². The molecule has 4 heteroatoms. The molecule has 0 aromatic rings. The minimum atomic E-state index is -0.299. The van der Waals surface area contributed by atoms with Gasteiger partial charge in [0, 0.05) is 13.5 Å². The SMILES string of the molecule is CCOC(=O)C[C@@]12CCC[C@@H]1C[C@@H](OC)O2. The van der Waals surface area contributed by atoms with Gasteiger partial charge in [0.05, 0.1) is 18.6 Å². The molecule has 4 nitrogen and oxygen atoms in total. The van der Waals surface area contributed by atoms with Gasteiger partial charge in [-0.1, -0.05) is 6.42 Å². The number of rotatable bonds is 4. The number of esters is 1. The van der Waals surface area contributed by atoms with E-state index in [1.54, 1.807) is 7.11 Å². The Morgan fingerprint density at radius 3 is 3.06 bits per heavy atom. The normalized spacial score (nSPS) is 37.4. The first kappa shape index (κ1) is 11.9. The van der Waals surface area contributed by atoms with Gasteiger partial charge in [0.25, 0.3) is 0 Å². The second-order valence-corrected chi connectivity index (χ2v) is 4.65. The van der Waals surface area contributed by atoms with E-state index in [1.165, 1.54) is 0 Å². The van der Waals surface area contributed by atoms with Gasteiger partial charge in [0.15, 0.2) is 6.29 Å². The van der Waals surface area contributed by atoms with Crippen LogP contribution >= 0.6 is 0 Å². The molecule has 0 radical (unpaired) electrons. The number of methoxy groups -OCH3 is 1. The Hall–Kier alpha value is -0.610. The van der Waals surface area contributed by atoms with Crippen molar-refractivity contribution >= 4 is 5.97 Å². The van der Waals surface area contributed by atoms with E-state index in [1.807, 2.05) is 6.92 Å². The average Bonchev–Trinajstić information content (AvgIpc) is 2.73. The lowest BCUT2D eigenvalue weighted by molar-refractivity contribution is -0.173. The minimum Gasteiger partial charge on any atom is -0.466 e. The first-order valence-corrected chi connectivity index (χ1v) is 6.06. The molecule has 92 valence electrons. The molecular formula is C12H20O4. The number of hydrogen-bond donors (Lipinski definition) is 0. The van der Waals surface area contributed by atoms with E-state index in [0.29, 0.717) is 18.9 Å². The van der Waals surface area contributed by atoms with Crippen LogP contribution in [0.1, 0.15) is 39.0 Å². The third-order valence-electron chi connectivity index (χ3n) is 3.75. The summed E-state index contributed by atoms with van der Waals surface area (Å²) in [6.07, 6.45) is 4.39. The van der Waals surface area contributed by atoms with Gasteiger partial charge < -0.3 is 14.2 Å². The summed E-state index contributed by atoms with van der Waals surface area (Å²) in [6.45, 7) is 2.27. The Morgan fingerprint density at radius 1 is 1.56 bits per heavy atom. The molecule has 0 aromatic carbocycles. The van der Waals surface area contributed by atoms with Crippen molar-refractivity contribution in [3.63, 3.8) is 0 Å². The molecule has 2 rings (SSSR count). The summed E-state index contributed by atoms with van der Waals surface area (Å²) in [7, 11) is 1.66. The molecule has 1 aliphatic carbocycles. The number of hydrogen-bond acceptors (Lipinski definition) is 4. The molecule has 1 saturated carbocycles. The fourth-order valence-corrected chi connectivity index (χ4v) is 3.02. The first-order valence-electron chi connectivity index (χ1n) is 6.06. The fourth-order valence-electron chi connectivity index (χ4n) is 3.02. The van der Waals surface area contributed by atoms with Gasteiger partial charge in [-0.2, -0.15) is 0 Å². The molecule has 0 N–H and O–H groups in total. The highest BCUT2D eigenvalue weighted by Crippen LogP contribution is 2.50. The lowest BCUT2D eigenvalue weighted by Crippen LogP contribution is -2.35. The van der Waals surface area contributed by atoms with Crippen LogP contribution in [0.3, 0.4) is 0 Å². The summed E-state index contributed by atoms with van der Waals surface area (Å²) in [5.41, 5.74) is -0.299. The predicted molar refractivity (Wildman–Crippen MR) is 57.8 cm³/mol. The molecule has 2 fully saturated rings. The standard InChI is InChI=1S/C12H20O4/c1-3-15-10(13)8-12-6-4-5-9(12)7-11(14-2)16-12/h9,11H,3-8H2,1-2H3/t9-,11+,12+/m1/s1. The minimum absolute atomic E-state index is 0.139. The largest absolute Gasteiger partial charge is 0.466 e. The molecule has 0 bridgehead atoms. The smallest absolute Gasteiger partial charge is 0.308 e. The maximum absolute atomic E-state index is 11.6. The van der Waals surface area contributed by atoms with Crippen molar-refractivity contribution < 1.29 is 19.0 Å². The lowest BCUT2D eigenvalue weighted by Gasteiger charge is -2.27. The number of carbonyl (C=O) groups is 1. The third-order valence-corrected chi connectivity index (χ3v) is 3.75. The van der Waals surface area contributed by atoms with Crippen molar-refractivity contribution in [1.82, 2.24) is 0 Å². The molecule has 1 aliphatic heterocycles. The highest BCUT2D eigenvalue weighted by molar-refractivity contribution is 5.71. The molecule has 0 amide bonds. The van der Waals surface area contributed by atoms with Crippen LogP contribution in [0.15, 0.2) is 0 Å². The van der Waals surface area contributed by atoms with Gasteiger partial charge in [-0.3, -0.25) is 4.79 Å².